The minimum absolute atomic E-state index is 0.0187. The SMILES string of the molecule is CC1(C)CS(=O)(=O)CC(C)(C)N1N=O. The first-order chi connectivity index (χ1) is 6.11. The van der Waals surface area contributed by atoms with E-state index in [0.29, 0.717) is 0 Å². The fourth-order valence-electron chi connectivity index (χ4n) is 2.29. The van der Waals surface area contributed by atoms with Crippen LogP contribution in [0.1, 0.15) is 27.7 Å². The molecule has 0 radical (unpaired) electrons. The fourth-order valence-corrected chi connectivity index (χ4v) is 4.79. The topological polar surface area (TPSA) is 66.8 Å². The van der Waals surface area contributed by atoms with Crippen LogP contribution >= 0.6 is 0 Å². The summed E-state index contributed by atoms with van der Waals surface area (Å²) in [5.41, 5.74) is -1.44. The first-order valence-electron chi connectivity index (χ1n) is 4.45. The maximum atomic E-state index is 11.6. The highest BCUT2D eigenvalue weighted by molar-refractivity contribution is 7.91. The van der Waals surface area contributed by atoms with Crippen molar-refractivity contribution in [2.45, 2.75) is 38.8 Å². The number of sulfone groups is 1. The van der Waals surface area contributed by atoms with E-state index in [0.717, 1.165) is 0 Å². The van der Waals surface area contributed by atoms with Gasteiger partial charge in [0, 0.05) is 0 Å². The van der Waals surface area contributed by atoms with Gasteiger partial charge in [0.05, 0.1) is 27.9 Å². The number of hydrogen-bond donors (Lipinski definition) is 0. The molecule has 0 aliphatic carbocycles. The second-order valence-corrected chi connectivity index (χ2v) is 7.12. The quantitative estimate of drug-likeness (QED) is 0.617. The Kier molecular flexibility index (Phi) is 2.38. The summed E-state index contributed by atoms with van der Waals surface area (Å²) in [4.78, 5) is 10.7. The van der Waals surface area contributed by atoms with E-state index in [4.69, 9.17) is 0 Å². The smallest absolute Gasteiger partial charge is 0.155 e. The third-order valence-corrected chi connectivity index (χ3v) is 4.67. The van der Waals surface area contributed by atoms with Crippen LogP contribution in [0.2, 0.25) is 0 Å². The summed E-state index contributed by atoms with van der Waals surface area (Å²) in [6.07, 6.45) is 0. The molecule has 1 saturated heterocycles. The highest BCUT2D eigenvalue weighted by Gasteiger charge is 2.48. The van der Waals surface area contributed by atoms with Gasteiger partial charge in [0.2, 0.25) is 0 Å². The maximum Gasteiger partial charge on any atom is 0.155 e. The summed E-state index contributed by atoms with van der Waals surface area (Å²) in [6.45, 7) is 6.86. The normalized spacial score (nSPS) is 28.4. The zero-order chi connectivity index (χ0) is 11.2. The molecule has 0 aromatic heterocycles. The standard InChI is InChI=1S/C8H16N2O3S/c1-7(2)5-14(12,13)6-8(3,4)10(7)9-11/h5-6H2,1-4H3. The van der Waals surface area contributed by atoms with E-state index in [2.05, 4.69) is 5.29 Å². The average molecular weight is 220 g/mol. The van der Waals surface area contributed by atoms with Crippen molar-refractivity contribution in [2.75, 3.05) is 11.5 Å². The first kappa shape index (κ1) is 11.4. The van der Waals surface area contributed by atoms with Gasteiger partial charge in [-0.3, -0.25) is 0 Å². The van der Waals surface area contributed by atoms with Crippen molar-refractivity contribution in [3.63, 3.8) is 0 Å². The van der Waals surface area contributed by atoms with E-state index in [1.807, 2.05) is 0 Å². The molecule has 0 bridgehead atoms. The van der Waals surface area contributed by atoms with Crippen LogP contribution in [0.15, 0.2) is 5.29 Å². The lowest BCUT2D eigenvalue weighted by Crippen LogP contribution is -2.63. The highest BCUT2D eigenvalue weighted by atomic mass is 32.2. The Bertz CT molecular complexity index is 322. The molecule has 1 aliphatic rings. The Labute approximate surface area is 84.3 Å². The highest BCUT2D eigenvalue weighted by Crippen LogP contribution is 2.33. The summed E-state index contributed by atoms with van der Waals surface area (Å²) < 4.78 is 23.1. The van der Waals surface area contributed by atoms with E-state index in [9.17, 15) is 13.3 Å². The molecule has 14 heavy (non-hydrogen) atoms. The molecule has 0 amide bonds. The molecule has 5 nitrogen and oxygen atoms in total. The van der Waals surface area contributed by atoms with Crippen molar-refractivity contribution in [1.82, 2.24) is 5.01 Å². The van der Waals surface area contributed by atoms with Gasteiger partial charge in [0.15, 0.2) is 9.84 Å². The van der Waals surface area contributed by atoms with Gasteiger partial charge >= 0.3 is 0 Å². The van der Waals surface area contributed by atoms with Gasteiger partial charge < -0.3 is 0 Å². The van der Waals surface area contributed by atoms with Gasteiger partial charge in [0.25, 0.3) is 0 Å². The Morgan fingerprint density at radius 2 is 1.43 bits per heavy atom. The van der Waals surface area contributed by atoms with Gasteiger partial charge in [0.1, 0.15) is 0 Å². The molecule has 1 rings (SSSR count). The zero-order valence-corrected chi connectivity index (χ0v) is 9.76. The lowest BCUT2D eigenvalue weighted by molar-refractivity contribution is 0.0345. The van der Waals surface area contributed by atoms with Crippen LogP contribution in [0.4, 0.5) is 0 Å². The number of nitrogens with zero attached hydrogens (tertiary/aromatic N) is 2. The van der Waals surface area contributed by atoms with Crippen LogP contribution in [0.25, 0.3) is 0 Å². The van der Waals surface area contributed by atoms with Gasteiger partial charge in [-0.15, -0.1) is 4.91 Å². The van der Waals surface area contributed by atoms with Crippen LogP contribution in [0.3, 0.4) is 0 Å². The Balaban J connectivity index is 3.18. The molecule has 82 valence electrons. The van der Waals surface area contributed by atoms with Crippen molar-refractivity contribution in [3.05, 3.63) is 4.91 Å². The van der Waals surface area contributed by atoms with Crippen LogP contribution in [-0.4, -0.2) is 36.0 Å². The van der Waals surface area contributed by atoms with Crippen LogP contribution in [0, 0.1) is 4.91 Å². The largest absolute Gasteiger partial charge is 0.248 e. The van der Waals surface area contributed by atoms with Crippen molar-refractivity contribution >= 4 is 9.84 Å². The molecule has 1 heterocycles. The minimum Gasteiger partial charge on any atom is -0.248 e. The molecule has 6 heteroatoms. The summed E-state index contributed by atoms with van der Waals surface area (Å²) in [5, 5.41) is 4.29. The van der Waals surface area contributed by atoms with Crippen LogP contribution in [-0.2, 0) is 9.84 Å². The molecule has 0 unspecified atom stereocenters. The minimum atomic E-state index is -3.08. The van der Waals surface area contributed by atoms with E-state index >= 15 is 0 Å². The second-order valence-electron chi connectivity index (χ2n) is 5.05. The van der Waals surface area contributed by atoms with Crippen molar-refractivity contribution in [3.8, 4) is 0 Å². The van der Waals surface area contributed by atoms with Crippen molar-refractivity contribution in [2.24, 2.45) is 5.29 Å². The maximum absolute atomic E-state index is 11.6. The summed E-state index contributed by atoms with van der Waals surface area (Å²) in [5.74, 6) is -0.0374. The molecule has 0 atom stereocenters. The molecule has 0 N–H and O–H groups in total. The number of rotatable bonds is 1. The molecule has 1 aliphatic heterocycles. The van der Waals surface area contributed by atoms with Crippen LogP contribution < -0.4 is 0 Å². The molecule has 1 fully saturated rings. The Morgan fingerprint density at radius 3 is 1.71 bits per heavy atom. The summed E-state index contributed by atoms with van der Waals surface area (Å²) in [6, 6.07) is 0. The number of nitroso groups, excluding NO2 is 1. The van der Waals surface area contributed by atoms with Gasteiger partial charge in [-0.2, -0.15) is 0 Å². The van der Waals surface area contributed by atoms with Gasteiger partial charge in [-0.05, 0) is 27.7 Å². The predicted octanol–water partition coefficient (Wildman–Crippen LogP) is 0.955. The van der Waals surface area contributed by atoms with Crippen LogP contribution in [0.5, 0.6) is 0 Å². The summed E-state index contributed by atoms with van der Waals surface area (Å²) >= 11 is 0. The third kappa shape index (κ3) is 1.89. The first-order valence-corrected chi connectivity index (χ1v) is 6.27. The van der Waals surface area contributed by atoms with E-state index < -0.39 is 20.9 Å². The molecule has 0 spiro atoms. The molecule has 0 aromatic carbocycles. The number of hydrogen-bond acceptors (Lipinski definition) is 4. The van der Waals surface area contributed by atoms with E-state index in [1.165, 1.54) is 5.01 Å². The molecule has 0 saturated carbocycles. The van der Waals surface area contributed by atoms with E-state index in [-0.39, 0.29) is 11.5 Å². The van der Waals surface area contributed by atoms with Gasteiger partial charge in [-0.1, -0.05) is 0 Å². The second kappa shape index (κ2) is 2.92. The third-order valence-electron chi connectivity index (χ3n) is 2.37. The van der Waals surface area contributed by atoms with Crippen molar-refractivity contribution < 1.29 is 8.42 Å². The lowest BCUT2D eigenvalue weighted by Gasteiger charge is -2.47. The monoisotopic (exact) mass is 220 g/mol. The molecular formula is C8H16N2O3S. The van der Waals surface area contributed by atoms with Crippen molar-refractivity contribution in [1.29, 1.82) is 0 Å². The Morgan fingerprint density at radius 1 is 1.07 bits per heavy atom. The summed E-state index contributed by atoms with van der Waals surface area (Å²) in [7, 11) is -3.08. The predicted molar refractivity (Wildman–Crippen MR) is 54.4 cm³/mol. The average Bonchev–Trinajstić information content (AvgIpc) is 1.76. The Hall–Kier alpha value is -0.650. The zero-order valence-electron chi connectivity index (χ0n) is 8.94. The molecular weight excluding hydrogens is 204 g/mol. The fraction of sp³-hybridized carbons (Fsp3) is 1.00. The molecule has 0 aromatic rings. The van der Waals surface area contributed by atoms with Gasteiger partial charge in [-0.25, -0.2) is 13.4 Å². The van der Waals surface area contributed by atoms with E-state index in [1.54, 1.807) is 27.7 Å². The lowest BCUT2D eigenvalue weighted by atomic mass is 9.98.